The first-order valence-electron chi connectivity index (χ1n) is 5.75. The van der Waals surface area contributed by atoms with Gasteiger partial charge in [0.15, 0.2) is 0 Å². The van der Waals surface area contributed by atoms with E-state index in [1.54, 1.807) is 12.4 Å². The van der Waals surface area contributed by atoms with E-state index in [4.69, 9.17) is 0 Å². The molecule has 2 heteroatoms. The van der Waals surface area contributed by atoms with Crippen molar-refractivity contribution in [2.24, 2.45) is 0 Å². The van der Waals surface area contributed by atoms with Crippen LogP contribution in [-0.4, -0.2) is 15.7 Å². The summed E-state index contributed by atoms with van der Waals surface area (Å²) >= 11 is 0. The van der Waals surface area contributed by atoms with Crippen molar-refractivity contribution in [1.29, 1.82) is 0 Å². The number of nitrogens with zero attached hydrogens (tertiary/aromatic N) is 1. The molecule has 0 aliphatic heterocycles. The predicted octanol–water partition coefficient (Wildman–Crippen LogP) is 2.96. The molecular formula is C13H21NO. The Hall–Kier alpha value is -0.890. The number of rotatable bonds is 6. The van der Waals surface area contributed by atoms with Gasteiger partial charge in [-0.2, -0.15) is 0 Å². The fourth-order valence-corrected chi connectivity index (χ4v) is 1.78. The number of hydrogen-bond donors (Lipinski definition) is 1. The maximum Gasteiger partial charge on any atom is 0.0660 e. The monoisotopic (exact) mass is 207 g/mol. The second-order valence-corrected chi connectivity index (χ2v) is 4.49. The molecule has 0 amide bonds. The summed E-state index contributed by atoms with van der Waals surface area (Å²) in [6.45, 7) is 4.10. The van der Waals surface area contributed by atoms with E-state index in [1.807, 2.05) is 19.1 Å². The first-order chi connectivity index (χ1) is 7.14. The molecule has 1 N–H and O–H groups in total. The van der Waals surface area contributed by atoms with Crippen LogP contribution in [0.25, 0.3) is 0 Å². The molecule has 0 aromatic carbocycles. The Balaban J connectivity index is 2.42. The lowest BCUT2D eigenvalue weighted by atomic mass is 9.91. The van der Waals surface area contributed by atoms with Gasteiger partial charge in [0.2, 0.25) is 0 Å². The summed E-state index contributed by atoms with van der Waals surface area (Å²) in [7, 11) is 0. The van der Waals surface area contributed by atoms with Gasteiger partial charge in [-0.15, -0.1) is 0 Å². The number of aliphatic hydroxyl groups is 1. The first kappa shape index (κ1) is 12.2. The fourth-order valence-electron chi connectivity index (χ4n) is 1.78. The summed E-state index contributed by atoms with van der Waals surface area (Å²) in [5.74, 6) is 0. The average molecular weight is 207 g/mol. The molecule has 0 aliphatic carbocycles. The Kier molecular flexibility index (Phi) is 4.76. The zero-order chi connectivity index (χ0) is 11.1. The third-order valence-corrected chi connectivity index (χ3v) is 2.65. The van der Waals surface area contributed by atoms with Gasteiger partial charge >= 0.3 is 0 Å². The van der Waals surface area contributed by atoms with E-state index in [9.17, 15) is 5.11 Å². The zero-order valence-electron chi connectivity index (χ0n) is 9.74. The van der Waals surface area contributed by atoms with E-state index in [2.05, 4.69) is 11.9 Å². The van der Waals surface area contributed by atoms with E-state index < -0.39 is 5.60 Å². The highest BCUT2D eigenvalue weighted by atomic mass is 16.3. The maximum absolute atomic E-state index is 10.2. The van der Waals surface area contributed by atoms with E-state index in [0.717, 1.165) is 24.8 Å². The minimum atomic E-state index is -0.573. The van der Waals surface area contributed by atoms with Crippen LogP contribution in [-0.2, 0) is 6.42 Å². The van der Waals surface area contributed by atoms with Crippen molar-refractivity contribution >= 4 is 0 Å². The molecule has 0 bridgehead atoms. The molecule has 84 valence electrons. The van der Waals surface area contributed by atoms with Gasteiger partial charge in [-0.1, -0.05) is 26.2 Å². The maximum atomic E-state index is 10.2. The van der Waals surface area contributed by atoms with Crippen molar-refractivity contribution in [1.82, 2.24) is 4.98 Å². The van der Waals surface area contributed by atoms with E-state index in [0.29, 0.717) is 0 Å². The minimum absolute atomic E-state index is 0.573. The Morgan fingerprint density at radius 1 is 1.27 bits per heavy atom. The summed E-state index contributed by atoms with van der Waals surface area (Å²) in [4.78, 5) is 3.97. The molecule has 0 saturated carbocycles. The number of aromatic nitrogens is 1. The third kappa shape index (κ3) is 4.93. The third-order valence-electron chi connectivity index (χ3n) is 2.65. The SMILES string of the molecule is CCCCCC(C)(O)Cc1ccncc1. The summed E-state index contributed by atoms with van der Waals surface area (Å²) in [6, 6.07) is 3.93. The van der Waals surface area contributed by atoms with Crippen LogP contribution >= 0.6 is 0 Å². The van der Waals surface area contributed by atoms with E-state index in [-0.39, 0.29) is 0 Å². The van der Waals surface area contributed by atoms with Crippen molar-refractivity contribution in [3.63, 3.8) is 0 Å². The molecule has 0 spiro atoms. The average Bonchev–Trinajstić information content (AvgIpc) is 2.18. The van der Waals surface area contributed by atoms with Gasteiger partial charge in [0, 0.05) is 18.8 Å². The second kappa shape index (κ2) is 5.86. The molecule has 1 rings (SSSR count). The normalized spacial score (nSPS) is 14.9. The first-order valence-corrected chi connectivity index (χ1v) is 5.75. The van der Waals surface area contributed by atoms with Gasteiger partial charge in [-0.05, 0) is 31.0 Å². The molecule has 1 unspecified atom stereocenters. The molecule has 1 aromatic rings. The van der Waals surface area contributed by atoms with Crippen LogP contribution in [0, 0.1) is 0 Å². The molecule has 0 fully saturated rings. The quantitative estimate of drug-likeness (QED) is 0.727. The van der Waals surface area contributed by atoms with Crippen LogP contribution in [0.2, 0.25) is 0 Å². The minimum Gasteiger partial charge on any atom is -0.390 e. The summed E-state index contributed by atoms with van der Waals surface area (Å²) in [6.07, 6.45) is 8.66. The smallest absolute Gasteiger partial charge is 0.0660 e. The van der Waals surface area contributed by atoms with Crippen LogP contribution in [0.5, 0.6) is 0 Å². The Morgan fingerprint density at radius 2 is 1.93 bits per heavy atom. The highest BCUT2D eigenvalue weighted by Crippen LogP contribution is 2.19. The summed E-state index contributed by atoms with van der Waals surface area (Å²) in [5, 5.41) is 10.2. The fraction of sp³-hybridized carbons (Fsp3) is 0.615. The van der Waals surface area contributed by atoms with Crippen LogP contribution in [0.4, 0.5) is 0 Å². The Bertz CT molecular complexity index is 269. The van der Waals surface area contributed by atoms with Crippen molar-refractivity contribution in [2.45, 2.75) is 51.6 Å². The van der Waals surface area contributed by atoms with Crippen molar-refractivity contribution in [2.75, 3.05) is 0 Å². The van der Waals surface area contributed by atoms with Crippen LogP contribution in [0.3, 0.4) is 0 Å². The van der Waals surface area contributed by atoms with E-state index in [1.165, 1.54) is 12.8 Å². The lowest BCUT2D eigenvalue weighted by Gasteiger charge is -2.23. The Morgan fingerprint density at radius 3 is 2.53 bits per heavy atom. The molecule has 1 aromatic heterocycles. The molecule has 1 heterocycles. The van der Waals surface area contributed by atoms with E-state index >= 15 is 0 Å². The summed E-state index contributed by atoms with van der Waals surface area (Å²) < 4.78 is 0. The molecule has 1 atom stereocenters. The number of unbranched alkanes of at least 4 members (excludes halogenated alkanes) is 2. The highest BCUT2D eigenvalue weighted by Gasteiger charge is 2.19. The highest BCUT2D eigenvalue weighted by molar-refractivity contribution is 5.12. The van der Waals surface area contributed by atoms with Gasteiger partial charge in [0.05, 0.1) is 5.60 Å². The Labute approximate surface area is 92.4 Å². The lowest BCUT2D eigenvalue weighted by molar-refractivity contribution is 0.0486. The number of pyridine rings is 1. The lowest BCUT2D eigenvalue weighted by Crippen LogP contribution is -2.26. The molecule has 0 saturated heterocycles. The molecule has 0 aliphatic rings. The van der Waals surface area contributed by atoms with Gasteiger partial charge in [0.25, 0.3) is 0 Å². The predicted molar refractivity (Wildman–Crippen MR) is 62.7 cm³/mol. The molecule has 15 heavy (non-hydrogen) atoms. The second-order valence-electron chi connectivity index (χ2n) is 4.49. The molecule has 0 radical (unpaired) electrons. The molecular weight excluding hydrogens is 186 g/mol. The standard InChI is InChI=1S/C13H21NO/c1-3-4-5-8-13(2,15)11-12-6-9-14-10-7-12/h6-7,9-10,15H,3-5,8,11H2,1-2H3. The number of hydrogen-bond acceptors (Lipinski definition) is 2. The van der Waals surface area contributed by atoms with Crippen LogP contribution in [0.15, 0.2) is 24.5 Å². The van der Waals surface area contributed by atoms with Crippen molar-refractivity contribution < 1.29 is 5.11 Å². The van der Waals surface area contributed by atoms with Crippen molar-refractivity contribution in [3.05, 3.63) is 30.1 Å². The van der Waals surface area contributed by atoms with Gasteiger partial charge in [-0.3, -0.25) is 4.98 Å². The molecule has 2 nitrogen and oxygen atoms in total. The topological polar surface area (TPSA) is 33.1 Å². The van der Waals surface area contributed by atoms with Gasteiger partial charge in [-0.25, -0.2) is 0 Å². The van der Waals surface area contributed by atoms with Crippen molar-refractivity contribution in [3.8, 4) is 0 Å². The van der Waals surface area contributed by atoms with Gasteiger partial charge in [0.1, 0.15) is 0 Å². The van der Waals surface area contributed by atoms with Crippen LogP contribution in [0.1, 0.15) is 45.1 Å². The summed E-state index contributed by atoms with van der Waals surface area (Å²) in [5.41, 5.74) is 0.586. The largest absolute Gasteiger partial charge is 0.390 e. The van der Waals surface area contributed by atoms with Crippen LogP contribution < -0.4 is 0 Å². The van der Waals surface area contributed by atoms with Gasteiger partial charge < -0.3 is 5.11 Å². The zero-order valence-corrected chi connectivity index (χ0v) is 9.74.